The van der Waals surface area contributed by atoms with Crippen molar-refractivity contribution in [1.82, 2.24) is 9.88 Å². The molecular weight excluding hydrogens is 288 g/mol. The van der Waals surface area contributed by atoms with Gasteiger partial charge in [-0.3, -0.25) is 4.90 Å². The fourth-order valence-corrected chi connectivity index (χ4v) is 3.11. The summed E-state index contributed by atoms with van der Waals surface area (Å²) in [5, 5.41) is 10.2. The molecule has 1 aliphatic rings. The van der Waals surface area contributed by atoms with Gasteiger partial charge in [-0.05, 0) is 37.1 Å². The summed E-state index contributed by atoms with van der Waals surface area (Å²) in [6, 6.07) is 7.69. The zero-order valence-electron chi connectivity index (χ0n) is 12.0. The van der Waals surface area contributed by atoms with Gasteiger partial charge in [0.05, 0.1) is 12.3 Å². The van der Waals surface area contributed by atoms with Gasteiger partial charge >= 0.3 is 0 Å². The molecule has 0 saturated carbocycles. The van der Waals surface area contributed by atoms with Crippen molar-refractivity contribution >= 4 is 11.6 Å². The van der Waals surface area contributed by atoms with Crippen molar-refractivity contribution in [2.24, 2.45) is 5.92 Å². The Morgan fingerprint density at radius 2 is 2.33 bits per heavy atom. The van der Waals surface area contributed by atoms with Gasteiger partial charge in [0.25, 0.3) is 0 Å². The molecule has 0 radical (unpaired) electrons. The van der Waals surface area contributed by atoms with Gasteiger partial charge in [-0.25, -0.2) is 4.98 Å². The Labute approximate surface area is 129 Å². The molecule has 1 fully saturated rings. The maximum atomic E-state index is 9.50. The van der Waals surface area contributed by atoms with Gasteiger partial charge in [-0.1, -0.05) is 24.6 Å². The minimum absolute atomic E-state index is 0.195. The Morgan fingerprint density at radius 3 is 3.10 bits per heavy atom. The Kier molecular flexibility index (Phi) is 4.29. The van der Waals surface area contributed by atoms with E-state index >= 15 is 0 Å². The molecule has 2 heterocycles. The molecular formula is C16H19ClN2O2. The number of likely N-dealkylation sites (tertiary alicyclic amines) is 1. The number of aliphatic hydroxyl groups is 1. The van der Waals surface area contributed by atoms with E-state index in [0.717, 1.165) is 24.2 Å². The third-order valence-corrected chi connectivity index (χ3v) is 4.41. The van der Waals surface area contributed by atoms with E-state index in [-0.39, 0.29) is 12.6 Å². The van der Waals surface area contributed by atoms with Gasteiger partial charge in [0.2, 0.25) is 5.89 Å². The Balaban J connectivity index is 1.74. The zero-order chi connectivity index (χ0) is 14.8. The highest BCUT2D eigenvalue weighted by Gasteiger charge is 2.30. The molecule has 1 N–H and O–H groups in total. The fraction of sp³-hybridized carbons (Fsp3) is 0.438. The Bertz CT molecular complexity index is 614. The van der Waals surface area contributed by atoms with E-state index in [1.807, 2.05) is 24.3 Å². The molecule has 2 unspecified atom stereocenters. The van der Waals surface area contributed by atoms with Crippen LogP contribution in [0.25, 0.3) is 11.5 Å². The average Bonchev–Trinajstić information content (AvgIpc) is 3.07. The standard InChI is InChI=1S/C16H19ClN2O2/c1-11-5-6-19(15(11)9-20)8-14-10-21-16(18-14)12-3-2-4-13(17)7-12/h2-4,7,10-11,15,20H,5-6,8-9H2,1H3. The number of hydrogen-bond acceptors (Lipinski definition) is 4. The number of oxazole rings is 1. The van der Waals surface area contributed by atoms with Crippen molar-refractivity contribution in [1.29, 1.82) is 0 Å². The molecule has 112 valence electrons. The molecule has 2 aromatic rings. The first-order chi connectivity index (χ1) is 10.2. The molecule has 0 amide bonds. The molecule has 3 rings (SSSR count). The van der Waals surface area contributed by atoms with Crippen LogP contribution in [0.15, 0.2) is 34.9 Å². The SMILES string of the molecule is CC1CCN(Cc2coc(-c3cccc(Cl)c3)n2)C1CO. The lowest BCUT2D eigenvalue weighted by Gasteiger charge is -2.23. The molecule has 2 atom stereocenters. The first kappa shape index (κ1) is 14.6. The van der Waals surface area contributed by atoms with Gasteiger partial charge in [0, 0.05) is 23.2 Å². The second-order valence-corrected chi connectivity index (χ2v) is 6.08. The van der Waals surface area contributed by atoms with E-state index in [1.165, 1.54) is 0 Å². The van der Waals surface area contributed by atoms with Crippen molar-refractivity contribution in [2.45, 2.75) is 25.9 Å². The third kappa shape index (κ3) is 3.12. The lowest BCUT2D eigenvalue weighted by molar-refractivity contribution is 0.133. The quantitative estimate of drug-likeness (QED) is 0.942. The smallest absolute Gasteiger partial charge is 0.226 e. The van der Waals surface area contributed by atoms with Crippen LogP contribution in [0.3, 0.4) is 0 Å². The summed E-state index contributed by atoms with van der Waals surface area (Å²) in [5.74, 6) is 1.11. The molecule has 1 aliphatic heterocycles. The first-order valence-electron chi connectivity index (χ1n) is 7.22. The van der Waals surface area contributed by atoms with Crippen molar-refractivity contribution in [3.63, 3.8) is 0 Å². The largest absolute Gasteiger partial charge is 0.444 e. The third-order valence-electron chi connectivity index (χ3n) is 4.17. The number of hydrogen-bond donors (Lipinski definition) is 1. The Morgan fingerprint density at radius 1 is 1.48 bits per heavy atom. The number of benzene rings is 1. The van der Waals surface area contributed by atoms with E-state index < -0.39 is 0 Å². The minimum Gasteiger partial charge on any atom is -0.444 e. The topological polar surface area (TPSA) is 49.5 Å². The highest BCUT2D eigenvalue weighted by Crippen LogP contribution is 2.27. The second-order valence-electron chi connectivity index (χ2n) is 5.64. The molecule has 0 bridgehead atoms. The number of halogens is 1. The van der Waals surface area contributed by atoms with Crippen LogP contribution < -0.4 is 0 Å². The molecule has 21 heavy (non-hydrogen) atoms. The fourth-order valence-electron chi connectivity index (χ4n) is 2.92. The van der Waals surface area contributed by atoms with Crippen LogP contribution in [-0.2, 0) is 6.54 Å². The number of rotatable bonds is 4. The van der Waals surface area contributed by atoms with E-state index in [4.69, 9.17) is 16.0 Å². The number of nitrogens with zero attached hydrogens (tertiary/aromatic N) is 2. The van der Waals surface area contributed by atoms with Crippen molar-refractivity contribution in [3.05, 3.63) is 41.2 Å². The highest BCUT2D eigenvalue weighted by molar-refractivity contribution is 6.30. The number of aromatic nitrogens is 1. The van der Waals surface area contributed by atoms with Crippen molar-refractivity contribution in [2.75, 3.05) is 13.2 Å². The predicted molar refractivity (Wildman–Crippen MR) is 82.0 cm³/mol. The van der Waals surface area contributed by atoms with Crippen LogP contribution >= 0.6 is 11.6 Å². The van der Waals surface area contributed by atoms with Gasteiger partial charge in [-0.15, -0.1) is 0 Å². The molecule has 1 saturated heterocycles. The van der Waals surface area contributed by atoms with Crippen LogP contribution in [0, 0.1) is 5.92 Å². The molecule has 0 spiro atoms. The van der Waals surface area contributed by atoms with Crippen molar-refractivity contribution in [3.8, 4) is 11.5 Å². The second kappa shape index (κ2) is 6.18. The summed E-state index contributed by atoms with van der Waals surface area (Å²) >= 11 is 5.99. The van der Waals surface area contributed by atoms with E-state index in [9.17, 15) is 5.11 Å². The molecule has 4 nitrogen and oxygen atoms in total. The van der Waals surface area contributed by atoms with Crippen LogP contribution in [0.1, 0.15) is 19.0 Å². The summed E-state index contributed by atoms with van der Waals surface area (Å²) in [6.07, 6.45) is 2.80. The summed E-state index contributed by atoms with van der Waals surface area (Å²) in [7, 11) is 0. The van der Waals surface area contributed by atoms with Crippen LogP contribution in [0.2, 0.25) is 5.02 Å². The van der Waals surface area contributed by atoms with Gasteiger partial charge in [-0.2, -0.15) is 0 Å². The van der Waals surface area contributed by atoms with Crippen LogP contribution in [0.4, 0.5) is 0 Å². The average molecular weight is 307 g/mol. The van der Waals surface area contributed by atoms with E-state index in [1.54, 1.807) is 6.26 Å². The van der Waals surface area contributed by atoms with Crippen LogP contribution in [0.5, 0.6) is 0 Å². The summed E-state index contributed by atoms with van der Waals surface area (Å²) in [6.45, 7) is 4.08. The number of aliphatic hydroxyl groups excluding tert-OH is 1. The van der Waals surface area contributed by atoms with Gasteiger partial charge < -0.3 is 9.52 Å². The Hall–Kier alpha value is -1.36. The molecule has 1 aromatic carbocycles. The molecule has 0 aliphatic carbocycles. The molecule has 1 aromatic heterocycles. The maximum absolute atomic E-state index is 9.50. The molecule has 5 heteroatoms. The lowest BCUT2D eigenvalue weighted by Crippen LogP contribution is -2.34. The van der Waals surface area contributed by atoms with E-state index in [2.05, 4.69) is 16.8 Å². The normalized spacial score (nSPS) is 22.8. The van der Waals surface area contributed by atoms with Crippen molar-refractivity contribution < 1.29 is 9.52 Å². The highest BCUT2D eigenvalue weighted by atomic mass is 35.5. The van der Waals surface area contributed by atoms with E-state index in [0.29, 0.717) is 23.4 Å². The first-order valence-corrected chi connectivity index (χ1v) is 7.60. The maximum Gasteiger partial charge on any atom is 0.226 e. The zero-order valence-corrected chi connectivity index (χ0v) is 12.8. The predicted octanol–water partition coefficient (Wildman–Crippen LogP) is 3.20. The van der Waals surface area contributed by atoms with Crippen LogP contribution in [-0.4, -0.2) is 34.2 Å². The summed E-state index contributed by atoms with van der Waals surface area (Å²) < 4.78 is 5.55. The lowest BCUT2D eigenvalue weighted by atomic mass is 10.0. The summed E-state index contributed by atoms with van der Waals surface area (Å²) in [4.78, 5) is 6.80. The minimum atomic E-state index is 0.195. The monoisotopic (exact) mass is 306 g/mol. The van der Waals surface area contributed by atoms with Gasteiger partial charge in [0.15, 0.2) is 0 Å². The van der Waals surface area contributed by atoms with Gasteiger partial charge in [0.1, 0.15) is 6.26 Å². The summed E-state index contributed by atoms with van der Waals surface area (Å²) in [5.41, 5.74) is 1.76.